The topological polar surface area (TPSA) is 28.2 Å². The zero-order chi connectivity index (χ0) is 14.5. The van der Waals surface area contributed by atoms with E-state index in [1.54, 1.807) is 0 Å². The summed E-state index contributed by atoms with van der Waals surface area (Å²) < 4.78 is 1.05. The lowest BCUT2D eigenvalue weighted by molar-refractivity contribution is 0.0985. The molecule has 0 aromatic carbocycles. The van der Waals surface area contributed by atoms with Gasteiger partial charge >= 0.3 is 0 Å². The molecular formula is C16H26BrN3. The van der Waals surface area contributed by atoms with Crippen molar-refractivity contribution < 1.29 is 0 Å². The van der Waals surface area contributed by atoms with Crippen molar-refractivity contribution in [1.29, 1.82) is 0 Å². The van der Waals surface area contributed by atoms with E-state index >= 15 is 0 Å². The molecule has 4 heteroatoms. The monoisotopic (exact) mass is 339 g/mol. The Labute approximate surface area is 131 Å². The number of nitrogens with one attached hydrogen (secondary N) is 1. The molecule has 0 saturated carbocycles. The lowest BCUT2D eigenvalue weighted by Crippen LogP contribution is -2.57. The fraction of sp³-hybridized carbons (Fsp3) is 0.688. The molecule has 1 aromatic rings. The van der Waals surface area contributed by atoms with Crippen LogP contribution in [0.2, 0.25) is 0 Å². The first-order chi connectivity index (χ1) is 9.60. The highest BCUT2D eigenvalue weighted by Gasteiger charge is 2.28. The van der Waals surface area contributed by atoms with Crippen molar-refractivity contribution in [2.24, 2.45) is 5.92 Å². The number of pyridine rings is 1. The van der Waals surface area contributed by atoms with Gasteiger partial charge in [-0.3, -0.25) is 9.88 Å². The van der Waals surface area contributed by atoms with E-state index in [2.05, 4.69) is 64.0 Å². The van der Waals surface area contributed by atoms with E-state index in [1.165, 1.54) is 18.5 Å². The molecule has 112 valence electrons. The van der Waals surface area contributed by atoms with Crippen LogP contribution in [0.5, 0.6) is 0 Å². The summed E-state index contributed by atoms with van der Waals surface area (Å²) in [6.45, 7) is 10.1. The molecule has 1 fully saturated rings. The SMILES string of the molecule is CCCC1CNC(C(C)C)CN1Cc1ccc(Br)cn1. The van der Waals surface area contributed by atoms with Gasteiger partial charge in [0, 0.05) is 42.4 Å². The summed E-state index contributed by atoms with van der Waals surface area (Å²) in [6, 6.07) is 5.44. The third-order valence-corrected chi connectivity index (χ3v) is 4.61. The smallest absolute Gasteiger partial charge is 0.0544 e. The van der Waals surface area contributed by atoms with Crippen molar-refractivity contribution in [3.05, 3.63) is 28.5 Å². The normalized spacial score (nSPS) is 24.2. The quantitative estimate of drug-likeness (QED) is 0.890. The Morgan fingerprint density at radius 2 is 2.25 bits per heavy atom. The van der Waals surface area contributed by atoms with Gasteiger partial charge in [-0.2, -0.15) is 0 Å². The molecule has 1 aromatic heterocycles. The van der Waals surface area contributed by atoms with Gasteiger partial charge in [0.25, 0.3) is 0 Å². The number of hydrogen-bond acceptors (Lipinski definition) is 3. The summed E-state index contributed by atoms with van der Waals surface area (Å²) in [5.41, 5.74) is 1.17. The van der Waals surface area contributed by atoms with Crippen LogP contribution in [0.1, 0.15) is 39.3 Å². The summed E-state index contributed by atoms with van der Waals surface area (Å²) in [5.74, 6) is 0.679. The predicted octanol–water partition coefficient (Wildman–Crippen LogP) is 3.44. The molecular weight excluding hydrogens is 314 g/mol. The molecule has 0 amide bonds. The van der Waals surface area contributed by atoms with Crippen molar-refractivity contribution in [3.63, 3.8) is 0 Å². The van der Waals surface area contributed by atoms with Crippen LogP contribution in [0.3, 0.4) is 0 Å². The Bertz CT molecular complexity index is 405. The molecule has 2 atom stereocenters. The predicted molar refractivity (Wildman–Crippen MR) is 87.7 cm³/mol. The van der Waals surface area contributed by atoms with Gasteiger partial charge < -0.3 is 5.32 Å². The Morgan fingerprint density at radius 3 is 2.85 bits per heavy atom. The standard InChI is InChI=1S/C16H26BrN3/c1-4-5-15-9-19-16(12(2)3)11-20(15)10-14-7-6-13(17)8-18-14/h6-8,12,15-16,19H,4-5,9-11H2,1-3H3. The van der Waals surface area contributed by atoms with E-state index in [1.807, 2.05) is 6.20 Å². The highest BCUT2D eigenvalue weighted by Crippen LogP contribution is 2.19. The lowest BCUT2D eigenvalue weighted by Gasteiger charge is -2.41. The maximum atomic E-state index is 4.53. The molecule has 1 saturated heterocycles. The second-order valence-electron chi connectivity index (χ2n) is 6.10. The molecule has 2 heterocycles. The number of piperazine rings is 1. The molecule has 3 nitrogen and oxygen atoms in total. The number of aromatic nitrogens is 1. The van der Waals surface area contributed by atoms with Crippen LogP contribution in [-0.4, -0.2) is 35.1 Å². The van der Waals surface area contributed by atoms with Gasteiger partial charge in [0.2, 0.25) is 0 Å². The van der Waals surface area contributed by atoms with E-state index in [9.17, 15) is 0 Å². The van der Waals surface area contributed by atoms with Crippen molar-refractivity contribution in [3.8, 4) is 0 Å². The summed E-state index contributed by atoms with van der Waals surface area (Å²) in [4.78, 5) is 7.14. The van der Waals surface area contributed by atoms with Gasteiger partial charge in [-0.05, 0) is 40.4 Å². The molecule has 2 unspecified atom stereocenters. The molecule has 0 spiro atoms. The Balaban J connectivity index is 2.04. The Morgan fingerprint density at radius 1 is 1.45 bits per heavy atom. The van der Waals surface area contributed by atoms with Crippen LogP contribution < -0.4 is 5.32 Å². The van der Waals surface area contributed by atoms with Gasteiger partial charge in [0.05, 0.1) is 5.69 Å². The van der Waals surface area contributed by atoms with Gasteiger partial charge in [-0.1, -0.05) is 27.2 Å². The van der Waals surface area contributed by atoms with Crippen molar-refractivity contribution >= 4 is 15.9 Å². The summed E-state index contributed by atoms with van der Waals surface area (Å²) >= 11 is 3.45. The van der Waals surface area contributed by atoms with Crippen LogP contribution in [0.15, 0.2) is 22.8 Å². The second-order valence-corrected chi connectivity index (χ2v) is 7.01. The fourth-order valence-corrected chi connectivity index (χ4v) is 3.08. The second kappa shape index (κ2) is 7.53. The zero-order valence-electron chi connectivity index (χ0n) is 12.8. The van der Waals surface area contributed by atoms with E-state index in [4.69, 9.17) is 0 Å². The number of hydrogen-bond donors (Lipinski definition) is 1. The highest BCUT2D eigenvalue weighted by atomic mass is 79.9. The minimum atomic E-state index is 0.596. The maximum absolute atomic E-state index is 4.53. The van der Waals surface area contributed by atoms with Crippen LogP contribution >= 0.6 is 15.9 Å². The Hall–Kier alpha value is -0.450. The highest BCUT2D eigenvalue weighted by molar-refractivity contribution is 9.10. The molecule has 2 rings (SSSR count). The van der Waals surface area contributed by atoms with Crippen molar-refractivity contribution in [1.82, 2.24) is 15.2 Å². The maximum Gasteiger partial charge on any atom is 0.0544 e. The van der Waals surface area contributed by atoms with E-state index in [-0.39, 0.29) is 0 Å². The molecule has 1 aliphatic heterocycles. The molecule has 0 bridgehead atoms. The molecule has 0 aliphatic carbocycles. The number of rotatable bonds is 5. The average Bonchev–Trinajstić information content (AvgIpc) is 2.43. The summed E-state index contributed by atoms with van der Waals surface area (Å²) in [5, 5.41) is 3.71. The molecule has 20 heavy (non-hydrogen) atoms. The van der Waals surface area contributed by atoms with Gasteiger partial charge in [0.1, 0.15) is 0 Å². The van der Waals surface area contributed by atoms with E-state index < -0.39 is 0 Å². The first-order valence-electron chi connectivity index (χ1n) is 7.68. The van der Waals surface area contributed by atoms with E-state index in [0.29, 0.717) is 18.0 Å². The third-order valence-electron chi connectivity index (χ3n) is 4.14. The summed E-state index contributed by atoms with van der Waals surface area (Å²) in [6.07, 6.45) is 4.39. The summed E-state index contributed by atoms with van der Waals surface area (Å²) in [7, 11) is 0. The fourth-order valence-electron chi connectivity index (χ4n) is 2.85. The lowest BCUT2D eigenvalue weighted by atomic mass is 9.97. The first-order valence-corrected chi connectivity index (χ1v) is 8.47. The minimum Gasteiger partial charge on any atom is -0.311 e. The molecule has 0 radical (unpaired) electrons. The van der Waals surface area contributed by atoms with Crippen molar-refractivity contribution in [2.45, 2.75) is 52.2 Å². The van der Waals surface area contributed by atoms with Gasteiger partial charge in [0.15, 0.2) is 0 Å². The Kier molecular flexibility index (Phi) is 6.00. The molecule has 1 N–H and O–H groups in total. The van der Waals surface area contributed by atoms with Crippen LogP contribution in [0, 0.1) is 5.92 Å². The average molecular weight is 340 g/mol. The minimum absolute atomic E-state index is 0.596. The number of nitrogens with zero attached hydrogens (tertiary/aromatic N) is 2. The van der Waals surface area contributed by atoms with Gasteiger partial charge in [-0.15, -0.1) is 0 Å². The van der Waals surface area contributed by atoms with Gasteiger partial charge in [-0.25, -0.2) is 0 Å². The van der Waals surface area contributed by atoms with Crippen LogP contribution in [-0.2, 0) is 6.54 Å². The number of halogens is 1. The molecule has 1 aliphatic rings. The van der Waals surface area contributed by atoms with E-state index in [0.717, 1.165) is 24.1 Å². The first kappa shape index (κ1) is 15.9. The third kappa shape index (κ3) is 4.27. The zero-order valence-corrected chi connectivity index (χ0v) is 14.4. The van der Waals surface area contributed by atoms with Crippen LogP contribution in [0.4, 0.5) is 0 Å². The largest absolute Gasteiger partial charge is 0.311 e. The van der Waals surface area contributed by atoms with Crippen LogP contribution in [0.25, 0.3) is 0 Å². The van der Waals surface area contributed by atoms with Crippen molar-refractivity contribution in [2.75, 3.05) is 13.1 Å².